The molecule has 0 aromatic heterocycles. The summed E-state index contributed by atoms with van der Waals surface area (Å²) in [5.74, 6) is -0.250. The number of anilines is 1. The van der Waals surface area contributed by atoms with Crippen molar-refractivity contribution in [3.63, 3.8) is 0 Å². The van der Waals surface area contributed by atoms with Crippen LogP contribution in [0.1, 0.15) is 12.5 Å². The van der Waals surface area contributed by atoms with Gasteiger partial charge in [-0.2, -0.15) is 0 Å². The lowest BCUT2D eigenvalue weighted by Gasteiger charge is -2.10. The molecule has 0 bridgehead atoms. The standard InChI is InChI=1S/C10H13BrN2O3S/c1-6-3-4-8(17(12,15)16)5-9(6)13-10(14)7(2)11/h3-5,7H,1-2H3,(H,13,14)(H2,12,15,16). The first kappa shape index (κ1) is 14.1. The van der Waals surface area contributed by atoms with Gasteiger partial charge in [-0.3, -0.25) is 4.79 Å². The Morgan fingerprint density at radius 1 is 1.47 bits per heavy atom. The minimum absolute atomic E-state index is 0.0272. The third kappa shape index (κ3) is 3.79. The number of primary sulfonamides is 1. The monoisotopic (exact) mass is 320 g/mol. The number of alkyl halides is 1. The molecule has 0 saturated heterocycles. The van der Waals surface area contributed by atoms with Crippen LogP contribution in [0.25, 0.3) is 0 Å². The number of hydrogen-bond acceptors (Lipinski definition) is 3. The van der Waals surface area contributed by atoms with Gasteiger partial charge < -0.3 is 5.32 Å². The van der Waals surface area contributed by atoms with E-state index in [1.807, 2.05) is 0 Å². The summed E-state index contributed by atoms with van der Waals surface area (Å²) in [6.07, 6.45) is 0. The summed E-state index contributed by atoms with van der Waals surface area (Å²) in [5.41, 5.74) is 1.20. The number of aryl methyl sites for hydroxylation is 1. The molecule has 0 fully saturated rings. The van der Waals surface area contributed by atoms with E-state index in [0.29, 0.717) is 5.69 Å². The average molecular weight is 321 g/mol. The summed E-state index contributed by atoms with van der Waals surface area (Å²) in [6.45, 7) is 3.44. The highest BCUT2D eigenvalue weighted by Crippen LogP contribution is 2.20. The Labute approximate surface area is 109 Å². The van der Waals surface area contributed by atoms with Gasteiger partial charge in [-0.1, -0.05) is 22.0 Å². The quantitative estimate of drug-likeness (QED) is 0.824. The third-order valence-electron chi connectivity index (χ3n) is 2.16. The molecule has 0 heterocycles. The van der Waals surface area contributed by atoms with Crippen LogP contribution in [0.15, 0.2) is 23.1 Å². The van der Waals surface area contributed by atoms with Crippen LogP contribution in [0.4, 0.5) is 5.69 Å². The van der Waals surface area contributed by atoms with Crippen molar-refractivity contribution < 1.29 is 13.2 Å². The topological polar surface area (TPSA) is 89.3 Å². The van der Waals surface area contributed by atoms with Gasteiger partial charge in [0.2, 0.25) is 15.9 Å². The highest BCUT2D eigenvalue weighted by atomic mass is 79.9. The van der Waals surface area contributed by atoms with Crippen LogP contribution in [-0.4, -0.2) is 19.2 Å². The van der Waals surface area contributed by atoms with Gasteiger partial charge in [0.05, 0.1) is 9.72 Å². The van der Waals surface area contributed by atoms with E-state index in [0.717, 1.165) is 5.56 Å². The number of rotatable bonds is 3. The van der Waals surface area contributed by atoms with Crippen LogP contribution in [-0.2, 0) is 14.8 Å². The maximum Gasteiger partial charge on any atom is 0.238 e. The summed E-state index contributed by atoms with van der Waals surface area (Å²) in [6, 6.07) is 4.34. The number of halogens is 1. The Morgan fingerprint density at radius 3 is 2.53 bits per heavy atom. The molecule has 1 unspecified atom stereocenters. The lowest BCUT2D eigenvalue weighted by atomic mass is 10.2. The Morgan fingerprint density at radius 2 is 2.06 bits per heavy atom. The second-order valence-electron chi connectivity index (χ2n) is 3.63. The van der Waals surface area contributed by atoms with Crippen molar-refractivity contribution in [2.75, 3.05) is 5.32 Å². The highest BCUT2D eigenvalue weighted by molar-refractivity contribution is 9.10. The Bertz CT molecular complexity index is 540. The number of hydrogen-bond donors (Lipinski definition) is 2. The maximum atomic E-state index is 11.5. The van der Waals surface area contributed by atoms with Gasteiger partial charge in [0.15, 0.2) is 0 Å². The van der Waals surface area contributed by atoms with Gasteiger partial charge in [0.25, 0.3) is 0 Å². The number of sulfonamides is 1. The maximum absolute atomic E-state index is 11.5. The molecule has 1 atom stereocenters. The molecule has 1 aromatic carbocycles. The van der Waals surface area contributed by atoms with E-state index >= 15 is 0 Å². The second-order valence-corrected chi connectivity index (χ2v) is 6.56. The number of carbonyl (C=O) groups excluding carboxylic acids is 1. The number of nitrogens with one attached hydrogen (secondary N) is 1. The fourth-order valence-electron chi connectivity index (χ4n) is 1.14. The molecule has 1 rings (SSSR count). The zero-order valence-electron chi connectivity index (χ0n) is 9.40. The molecule has 94 valence electrons. The molecule has 0 saturated carbocycles. The van der Waals surface area contributed by atoms with E-state index < -0.39 is 10.0 Å². The third-order valence-corrected chi connectivity index (χ3v) is 3.48. The Balaban J connectivity index is 3.12. The van der Waals surface area contributed by atoms with E-state index in [-0.39, 0.29) is 15.6 Å². The van der Waals surface area contributed by atoms with Gasteiger partial charge in [-0.05, 0) is 31.5 Å². The molecule has 0 aliphatic rings. The summed E-state index contributed by atoms with van der Waals surface area (Å²) in [4.78, 5) is 11.1. The summed E-state index contributed by atoms with van der Waals surface area (Å²) >= 11 is 3.12. The SMILES string of the molecule is Cc1ccc(S(N)(=O)=O)cc1NC(=O)C(C)Br. The molecule has 17 heavy (non-hydrogen) atoms. The molecular formula is C10H13BrN2O3S. The highest BCUT2D eigenvalue weighted by Gasteiger charge is 2.13. The lowest BCUT2D eigenvalue weighted by molar-refractivity contribution is -0.115. The van der Waals surface area contributed by atoms with Crippen LogP contribution in [0, 0.1) is 6.92 Å². The Hall–Kier alpha value is -0.920. The summed E-state index contributed by atoms with van der Waals surface area (Å²) in [5, 5.41) is 7.63. The second kappa shape index (κ2) is 5.16. The number of nitrogens with two attached hydrogens (primary N) is 1. The molecule has 1 aromatic rings. The van der Waals surface area contributed by atoms with Crippen LogP contribution >= 0.6 is 15.9 Å². The van der Waals surface area contributed by atoms with E-state index in [9.17, 15) is 13.2 Å². The number of benzene rings is 1. The molecule has 5 nitrogen and oxygen atoms in total. The van der Waals surface area contributed by atoms with Crippen molar-refractivity contribution >= 4 is 37.5 Å². The minimum Gasteiger partial charge on any atom is -0.325 e. The van der Waals surface area contributed by atoms with Crippen molar-refractivity contribution in [1.82, 2.24) is 0 Å². The fourth-order valence-corrected chi connectivity index (χ4v) is 1.80. The number of carbonyl (C=O) groups is 1. The van der Waals surface area contributed by atoms with Gasteiger partial charge in [-0.25, -0.2) is 13.6 Å². The molecule has 7 heteroatoms. The first-order chi connectivity index (χ1) is 7.71. The first-order valence-electron chi connectivity index (χ1n) is 4.80. The number of amides is 1. The molecule has 3 N–H and O–H groups in total. The average Bonchev–Trinajstić information content (AvgIpc) is 2.19. The van der Waals surface area contributed by atoms with Gasteiger partial charge in [0.1, 0.15) is 0 Å². The molecule has 1 amide bonds. The van der Waals surface area contributed by atoms with E-state index in [1.165, 1.54) is 12.1 Å². The van der Waals surface area contributed by atoms with E-state index in [2.05, 4.69) is 21.2 Å². The Kier molecular flexibility index (Phi) is 4.29. The van der Waals surface area contributed by atoms with E-state index in [1.54, 1.807) is 19.9 Å². The normalized spacial score (nSPS) is 13.2. The van der Waals surface area contributed by atoms with Crippen molar-refractivity contribution in [3.8, 4) is 0 Å². The molecule has 0 aliphatic heterocycles. The first-order valence-corrected chi connectivity index (χ1v) is 7.26. The summed E-state index contributed by atoms with van der Waals surface area (Å²) < 4.78 is 22.3. The van der Waals surface area contributed by atoms with Crippen LogP contribution < -0.4 is 10.5 Å². The fraction of sp³-hybridized carbons (Fsp3) is 0.300. The van der Waals surface area contributed by atoms with Crippen molar-refractivity contribution in [2.45, 2.75) is 23.6 Å². The van der Waals surface area contributed by atoms with Crippen LogP contribution in [0.3, 0.4) is 0 Å². The predicted octanol–water partition coefficient (Wildman–Crippen LogP) is 1.36. The van der Waals surface area contributed by atoms with Gasteiger partial charge in [-0.15, -0.1) is 0 Å². The minimum atomic E-state index is -3.76. The van der Waals surface area contributed by atoms with Gasteiger partial charge in [0, 0.05) is 5.69 Å². The predicted molar refractivity (Wildman–Crippen MR) is 69.6 cm³/mol. The van der Waals surface area contributed by atoms with Crippen molar-refractivity contribution in [1.29, 1.82) is 0 Å². The molecule has 0 aliphatic carbocycles. The molecular weight excluding hydrogens is 308 g/mol. The summed E-state index contributed by atoms with van der Waals surface area (Å²) in [7, 11) is -3.76. The zero-order valence-corrected chi connectivity index (χ0v) is 11.8. The molecule has 0 radical (unpaired) electrons. The van der Waals surface area contributed by atoms with Crippen molar-refractivity contribution in [3.05, 3.63) is 23.8 Å². The zero-order chi connectivity index (χ0) is 13.2. The van der Waals surface area contributed by atoms with Crippen molar-refractivity contribution in [2.24, 2.45) is 5.14 Å². The largest absolute Gasteiger partial charge is 0.325 e. The lowest BCUT2D eigenvalue weighted by Crippen LogP contribution is -2.21. The van der Waals surface area contributed by atoms with Crippen LogP contribution in [0.2, 0.25) is 0 Å². The molecule has 0 spiro atoms. The van der Waals surface area contributed by atoms with Gasteiger partial charge >= 0.3 is 0 Å². The smallest absolute Gasteiger partial charge is 0.238 e. The van der Waals surface area contributed by atoms with Crippen LogP contribution in [0.5, 0.6) is 0 Å². The van der Waals surface area contributed by atoms with E-state index in [4.69, 9.17) is 5.14 Å².